The molecule has 0 aromatic heterocycles. The van der Waals surface area contributed by atoms with E-state index in [1.165, 1.54) is 27.4 Å². The van der Waals surface area contributed by atoms with Crippen LogP contribution < -0.4 is 21.1 Å². The number of rotatable bonds is 3. The SMILES string of the molecule is Nc1cccc(N)c1C(=O)Oc1ccc([NH+]2c3ccccc3-c3ccccc32)cc1. The molecule has 0 fully saturated rings. The molecule has 4 aromatic carbocycles. The fraction of sp³-hybridized carbons (Fsp3) is 0. The smallest absolute Gasteiger partial charge is 0.347 e. The molecule has 0 aliphatic carbocycles. The molecule has 0 atom stereocenters. The minimum absolute atomic E-state index is 0.189. The number of carbonyl (C=O) groups is 1. The summed E-state index contributed by atoms with van der Waals surface area (Å²) in [5.74, 6) is -0.130. The van der Waals surface area contributed by atoms with E-state index >= 15 is 0 Å². The largest absolute Gasteiger partial charge is 0.423 e. The summed E-state index contributed by atoms with van der Waals surface area (Å²) in [5.41, 5.74) is 18.5. The average Bonchev–Trinajstić information content (AvgIpc) is 3.09. The maximum absolute atomic E-state index is 12.5. The lowest BCUT2D eigenvalue weighted by Crippen LogP contribution is -2.95. The molecule has 146 valence electrons. The van der Waals surface area contributed by atoms with E-state index in [2.05, 4.69) is 48.5 Å². The van der Waals surface area contributed by atoms with Crippen LogP contribution in [0.25, 0.3) is 11.1 Å². The van der Waals surface area contributed by atoms with Crippen molar-refractivity contribution in [3.63, 3.8) is 0 Å². The average molecular weight is 394 g/mol. The second kappa shape index (κ2) is 7.06. The summed E-state index contributed by atoms with van der Waals surface area (Å²) in [6.07, 6.45) is 0. The Morgan fingerprint density at radius 2 is 1.20 bits per heavy atom. The Morgan fingerprint density at radius 3 is 1.77 bits per heavy atom. The maximum Gasteiger partial charge on any atom is 0.347 e. The number of ether oxygens (including phenoxy) is 1. The number of nitrogens with two attached hydrogens (primary N) is 2. The highest BCUT2D eigenvalue weighted by Crippen LogP contribution is 2.38. The number of esters is 1. The number of carbonyl (C=O) groups excluding carboxylic acids is 1. The van der Waals surface area contributed by atoms with E-state index in [4.69, 9.17) is 16.2 Å². The summed E-state index contributed by atoms with van der Waals surface area (Å²) >= 11 is 0. The lowest BCUT2D eigenvalue weighted by Gasteiger charge is -2.15. The van der Waals surface area contributed by atoms with Gasteiger partial charge in [0.1, 0.15) is 28.4 Å². The molecule has 0 bridgehead atoms. The highest BCUT2D eigenvalue weighted by Gasteiger charge is 2.32. The molecule has 5 nitrogen and oxygen atoms in total. The van der Waals surface area contributed by atoms with Crippen molar-refractivity contribution in [1.29, 1.82) is 0 Å². The van der Waals surface area contributed by atoms with E-state index in [-0.39, 0.29) is 5.56 Å². The van der Waals surface area contributed by atoms with Gasteiger partial charge in [-0.2, -0.15) is 0 Å². The third-order valence-corrected chi connectivity index (χ3v) is 5.37. The zero-order valence-corrected chi connectivity index (χ0v) is 16.1. The molecule has 1 aliphatic heterocycles. The van der Waals surface area contributed by atoms with Gasteiger partial charge in [-0.05, 0) is 36.4 Å². The van der Waals surface area contributed by atoms with Gasteiger partial charge >= 0.3 is 5.97 Å². The fourth-order valence-electron chi connectivity index (χ4n) is 4.00. The van der Waals surface area contributed by atoms with Crippen LogP contribution in [-0.2, 0) is 0 Å². The Bertz CT molecular complexity index is 1200. The van der Waals surface area contributed by atoms with Gasteiger partial charge in [-0.25, -0.2) is 9.69 Å². The third kappa shape index (κ3) is 2.89. The first kappa shape index (κ1) is 18.0. The zero-order valence-electron chi connectivity index (χ0n) is 16.1. The number of quaternary nitrogens is 1. The van der Waals surface area contributed by atoms with Crippen molar-refractivity contribution >= 4 is 34.4 Å². The molecule has 5 N–H and O–H groups in total. The third-order valence-electron chi connectivity index (χ3n) is 5.37. The Morgan fingerprint density at radius 1 is 0.667 bits per heavy atom. The lowest BCUT2D eigenvalue weighted by molar-refractivity contribution is -0.677. The minimum Gasteiger partial charge on any atom is -0.423 e. The van der Waals surface area contributed by atoms with Crippen molar-refractivity contribution < 1.29 is 14.4 Å². The van der Waals surface area contributed by atoms with Crippen LogP contribution in [0, 0.1) is 0 Å². The summed E-state index contributed by atoms with van der Waals surface area (Å²) in [5, 5.41) is 0. The van der Waals surface area contributed by atoms with Gasteiger partial charge < -0.3 is 16.2 Å². The summed E-state index contributed by atoms with van der Waals surface area (Å²) in [6.45, 7) is 0. The van der Waals surface area contributed by atoms with Gasteiger partial charge in [0.05, 0.1) is 0 Å². The molecule has 5 heteroatoms. The van der Waals surface area contributed by atoms with Crippen molar-refractivity contribution in [3.8, 4) is 16.9 Å². The summed E-state index contributed by atoms with van der Waals surface area (Å²) < 4.78 is 5.51. The standard InChI is InChI=1S/C25H19N3O2/c26-20-8-5-9-21(27)24(20)25(29)30-17-14-12-16(13-15-17)28-22-10-3-1-6-18(22)19-7-2-4-11-23(19)28/h1-15H,26-27H2/p+1. The topological polar surface area (TPSA) is 82.8 Å². The highest BCUT2D eigenvalue weighted by molar-refractivity contribution is 6.01. The number of hydrogen-bond donors (Lipinski definition) is 3. The van der Waals surface area contributed by atoms with Crippen molar-refractivity contribution in [3.05, 3.63) is 96.6 Å². The van der Waals surface area contributed by atoms with E-state index in [1.807, 2.05) is 12.1 Å². The number of hydrogen-bond acceptors (Lipinski definition) is 4. The molecule has 1 heterocycles. The second-order valence-electron chi connectivity index (χ2n) is 7.19. The summed E-state index contributed by atoms with van der Waals surface area (Å²) in [6, 6.07) is 29.3. The van der Waals surface area contributed by atoms with Crippen LogP contribution in [0.2, 0.25) is 0 Å². The summed E-state index contributed by atoms with van der Waals surface area (Å²) in [7, 11) is 0. The van der Waals surface area contributed by atoms with E-state index in [0.29, 0.717) is 17.1 Å². The van der Waals surface area contributed by atoms with Crippen LogP contribution in [0.5, 0.6) is 5.75 Å². The monoisotopic (exact) mass is 394 g/mol. The van der Waals surface area contributed by atoms with Crippen LogP contribution in [0.1, 0.15) is 10.4 Å². The molecule has 0 radical (unpaired) electrons. The Hall–Kier alpha value is -4.09. The van der Waals surface area contributed by atoms with Gasteiger partial charge in [0.15, 0.2) is 0 Å². The Balaban J connectivity index is 1.46. The predicted octanol–water partition coefficient (Wildman–Crippen LogP) is 4.23. The molecule has 1 aliphatic rings. The first-order valence-corrected chi connectivity index (χ1v) is 9.66. The Kier molecular flexibility index (Phi) is 4.23. The molecule has 0 saturated carbocycles. The van der Waals surface area contributed by atoms with E-state index < -0.39 is 5.97 Å². The van der Waals surface area contributed by atoms with Gasteiger partial charge in [-0.15, -0.1) is 0 Å². The zero-order chi connectivity index (χ0) is 20.7. The minimum atomic E-state index is -0.567. The summed E-state index contributed by atoms with van der Waals surface area (Å²) in [4.78, 5) is 13.7. The number of benzene rings is 4. The van der Waals surface area contributed by atoms with Crippen molar-refractivity contribution in [2.75, 3.05) is 11.5 Å². The van der Waals surface area contributed by atoms with Crippen LogP contribution in [-0.4, -0.2) is 5.97 Å². The molecule has 4 aromatic rings. The van der Waals surface area contributed by atoms with Crippen LogP contribution >= 0.6 is 0 Å². The van der Waals surface area contributed by atoms with Gasteiger partial charge in [0, 0.05) is 46.8 Å². The van der Waals surface area contributed by atoms with Crippen molar-refractivity contribution in [2.45, 2.75) is 0 Å². The highest BCUT2D eigenvalue weighted by atomic mass is 16.5. The number of nitrogens with one attached hydrogen (secondary N) is 1. The van der Waals surface area contributed by atoms with Crippen molar-refractivity contribution in [2.24, 2.45) is 0 Å². The first-order valence-electron chi connectivity index (χ1n) is 9.66. The van der Waals surface area contributed by atoms with E-state index in [1.54, 1.807) is 30.3 Å². The molecular formula is C25H20N3O2+. The van der Waals surface area contributed by atoms with Gasteiger partial charge in [0.2, 0.25) is 0 Å². The molecule has 30 heavy (non-hydrogen) atoms. The number of nitrogen functional groups attached to an aromatic ring is 2. The number of anilines is 2. The van der Waals surface area contributed by atoms with Crippen LogP contribution in [0.15, 0.2) is 91.0 Å². The van der Waals surface area contributed by atoms with Crippen molar-refractivity contribution in [1.82, 2.24) is 0 Å². The predicted molar refractivity (Wildman–Crippen MR) is 118 cm³/mol. The Labute approximate surface area is 174 Å². The van der Waals surface area contributed by atoms with Gasteiger partial charge in [-0.3, -0.25) is 0 Å². The molecule has 5 rings (SSSR count). The number of para-hydroxylation sites is 2. The first-order chi connectivity index (χ1) is 14.6. The quantitative estimate of drug-likeness (QED) is 0.243. The van der Waals surface area contributed by atoms with E-state index in [9.17, 15) is 4.79 Å². The van der Waals surface area contributed by atoms with Crippen LogP contribution in [0.4, 0.5) is 28.4 Å². The van der Waals surface area contributed by atoms with Crippen LogP contribution in [0.3, 0.4) is 0 Å². The maximum atomic E-state index is 12.5. The fourth-order valence-corrected chi connectivity index (χ4v) is 4.00. The molecule has 0 spiro atoms. The molecule has 0 amide bonds. The molecular weight excluding hydrogens is 374 g/mol. The normalized spacial score (nSPS) is 12.3. The van der Waals surface area contributed by atoms with E-state index in [0.717, 1.165) is 5.69 Å². The number of fused-ring (bicyclic) bond motifs is 3. The molecule has 0 unspecified atom stereocenters. The lowest BCUT2D eigenvalue weighted by atomic mass is 10.1. The van der Waals surface area contributed by atoms with Gasteiger partial charge in [-0.1, -0.05) is 30.3 Å². The van der Waals surface area contributed by atoms with Gasteiger partial charge in [0.25, 0.3) is 0 Å². The second-order valence-corrected chi connectivity index (χ2v) is 7.19. The molecule has 0 saturated heterocycles.